The zero-order valence-corrected chi connectivity index (χ0v) is 20.3. The smallest absolute Gasteiger partial charge is 0.396 e. The molecule has 1 aromatic carbocycles. The Morgan fingerprint density at radius 2 is 1.86 bits per heavy atom. The average molecular weight is 519 g/mol. The molecule has 2 aromatic rings. The molecule has 1 saturated carbocycles. The van der Waals surface area contributed by atoms with E-state index in [1.165, 1.54) is 6.07 Å². The summed E-state index contributed by atoms with van der Waals surface area (Å²) in [6, 6.07) is 6.82. The summed E-state index contributed by atoms with van der Waals surface area (Å²) in [5.74, 6) is -0.547. The zero-order valence-electron chi connectivity index (χ0n) is 20.3. The van der Waals surface area contributed by atoms with Gasteiger partial charge in [-0.05, 0) is 61.4 Å². The van der Waals surface area contributed by atoms with Crippen LogP contribution in [0.5, 0.6) is 0 Å². The van der Waals surface area contributed by atoms with Gasteiger partial charge < -0.3 is 25.0 Å². The number of pyridine rings is 1. The van der Waals surface area contributed by atoms with E-state index in [0.717, 1.165) is 43.4 Å². The number of amides is 2. The van der Waals surface area contributed by atoms with Crippen LogP contribution in [0.25, 0.3) is 0 Å². The molecule has 1 aromatic heterocycles. The molecule has 0 bridgehead atoms. The molecule has 1 saturated heterocycles. The first-order valence-corrected chi connectivity index (χ1v) is 12.5. The van der Waals surface area contributed by atoms with Gasteiger partial charge in [-0.25, -0.2) is 4.98 Å². The quantitative estimate of drug-likeness (QED) is 0.627. The summed E-state index contributed by atoms with van der Waals surface area (Å²) in [6.45, 7) is 2.62. The van der Waals surface area contributed by atoms with Crippen LogP contribution in [-0.2, 0) is 17.5 Å². The number of hydrogen-bond acceptors (Lipinski definition) is 6. The highest BCUT2D eigenvalue weighted by Crippen LogP contribution is 2.38. The molecule has 2 N–H and O–H groups in total. The van der Waals surface area contributed by atoms with Gasteiger partial charge >= 0.3 is 6.18 Å². The van der Waals surface area contributed by atoms with Crippen LogP contribution in [0.4, 0.5) is 24.5 Å². The minimum atomic E-state index is -4.66. The number of hydrogen-bond donors (Lipinski definition) is 2. The average Bonchev–Trinajstić information content (AvgIpc) is 3.23. The molecule has 5 rings (SSSR count). The van der Waals surface area contributed by atoms with Gasteiger partial charge in [0.25, 0.3) is 11.8 Å². The number of carbonyl (C=O) groups excluding carboxylic acids is 2. The van der Waals surface area contributed by atoms with Crippen LogP contribution in [0.3, 0.4) is 0 Å². The summed E-state index contributed by atoms with van der Waals surface area (Å²) in [5, 5.41) is 12.2. The molecule has 0 atom stereocenters. The molecule has 11 heteroatoms. The number of nitrogens with one attached hydrogen (secondary N) is 1. The maximum Gasteiger partial charge on any atom is 0.433 e. The van der Waals surface area contributed by atoms with Crippen molar-refractivity contribution in [1.82, 2.24) is 9.88 Å². The van der Waals surface area contributed by atoms with E-state index in [0.29, 0.717) is 49.8 Å². The van der Waals surface area contributed by atoms with Crippen molar-refractivity contribution in [2.75, 3.05) is 43.1 Å². The van der Waals surface area contributed by atoms with Gasteiger partial charge in [0.05, 0.1) is 24.6 Å². The van der Waals surface area contributed by atoms with Crippen LogP contribution >= 0.6 is 0 Å². The van der Waals surface area contributed by atoms with E-state index >= 15 is 0 Å². The molecule has 37 heavy (non-hydrogen) atoms. The van der Waals surface area contributed by atoms with Crippen LogP contribution < -0.4 is 10.2 Å². The van der Waals surface area contributed by atoms with Crippen LogP contribution in [0, 0.1) is 5.92 Å². The molecule has 2 fully saturated rings. The number of fused-ring (bicyclic) bond motifs is 1. The normalized spacial score (nSPS) is 22.2. The van der Waals surface area contributed by atoms with Gasteiger partial charge in [-0.1, -0.05) is 6.07 Å². The second-order valence-corrected chi connectivity index (χ2v) is 9.78. The van der Waals surface area contributed by atoms with Crippen molar-refractivity contribution >= 4 is 23.2 Å². The number of benzene rings is 1. The molecular weight excluding hydrogens is 489 g/mol. The van der Waals surface area contributed by atoms with Crippen molar-refractivity contribution in [1.29, 1.82) is 0 Å². The fourth-order valence-electron chi connectivity index (χ4n) is 5.38. The third-order valence-corrected chi connectivity index (χ3v) is 7.44. The van der Waals surface area contributed by atoms with Crippen molar-refractivity contribution < 1.29 is 32.6 Å². The minimum Gasteiger partial charge on any atom is -0.396 e. The number of aliphatic hydroxyl groups excluding tert-OH is 1. The Labute approximate surface area is 212 Å². The lowest BCUT2D eigenvalue weighted by molar-refractivity contribution is -0.141. The number of halogens is 3. The molecule has 3 aliphatic rings. The number of nitrogens with zero attached hydrogens (tertiary/aromatic N) is 3. The number of anilines is 2. The molecular formula is C26H29F3N4O4. The number of aromatic nitrogens is 1. The first kappa shape index (κ1) is 25.5. The summed E-state index contributed by atoms with van der Waals surface area (Å²) < 4.78 is 44.8. The summed E-state index contributed by atoms with van der Waals surface area (Å²) >= 11 is 0. The lowest BCUT2D eigenvalue weighted by atomic mass is 9.86. The number of alkyl halides is 3. The van der Waals surface area contributed by atoms with Gasteiger partial charge in [0, 0.05) is 37.8 Å². The summed E-state index contributed by atoms with van der Waals surface area (Å²) in [6.07, 6.45) is -1.28. The largest absolute Gasteiger partial charge is 0.433 e. The van der Waals surface area contributed by atoms with Crippen LogP contribution in [0.1, 0.15) is 57.8 Å². The van der Waals surface area contributed by atoms with E-state index in [9.17, 15) is 27.9 Å². The molecule has 1 aliphatic carbocycles. The Hall–Kier alpha value is -3.18. The van der Waals surface area contributed by atoms with Gasteiger partial charge in [-0.3, -0.25) is 9.59 Å². The predicted molar refractivity (Wildman–Crippen MR) is 129 cm³/mol. The van der Waals surface area contributed by atoms with Crippen LogP contribution in [0.2, 0.25) is 0 Å². The Kier molecular flexibility index (Phi) is 7.09. The van der Waals surface area contributed by atoms with Crippen molar-refractivity contribution in [2.45, 2.75) is 44.4 Å². The molecule has 2 aliphatic heterocycles. The molecule has 8 nitrogen and oxygen atoms in total. The van der Waals surface area contributed by atoms with E-state index in [1.54, 1.807) is 12.1 Å². The molecule has 0 radical (unpaired) electrons. The van der Waals surface area contributed by atoms with E-state index in [-0.39, 0.29) is 30.2 Å². The topological polar surface area (TPSA) is 95.0 Å². The highest BCUT2D eigenvalue weighted by molar-refractivity contribution is 6.07. The lowest BCUT2D eigenvalue weighted by Crippen LogP contribution is -2.38. The van der Waals surface area contributed by atoms with E-state index in [4.69, 9.17) is 4.74 Å². The number of morpholine rings is 1. The lowest BCUT2D eigenvalue weighted by Gasteiger charge is -2.34. The van der Waals surface area contributed by atoms with Gasteiger partial charge in [-0.2, -0.15) is 13.2 Å². The van der Waals surface area contributed by atoms with Crippen molar-refractivity contribution in [3.05, 3.63) is 52.8 Å². The second kappa shape index (κ2) is 10.3. The van der Waals surface area contributed by atoms with Crippen LogP contribution in [0.15, 0.2) is 30.3 Å². The van der Waals surface area contributed by atoms with Gasteiger partial charge in [0.1, 0.15) is 11.4 Å². The molecule has 0 unspecified atom stereocenters. The van der Waals surface area contributed by atoms with Gasteiger partial charge in [-0.15, -0.1) is 0 Å². The highest BCUT2D eigenvalue weighted by Gasteiger charge is 2.37. The Morgan fingerprint density at radius 1 is 1.14 bits per heavy atom. The van der Waals surface area contributed by atoms with Crippen molar-refractivity contribution in [2.24, 2.45) is 5.92 Å². The number of ether oxygens (including phenoxy) is 1. The maximum absolute atomic E-state index is 13.4. The number of rotatable bonds is 5. The molecule has 2 amide bonds. The van der Waals surface area contributed by atoms with Crippen LogP contribution in [-0.4, -0.2) is 65.8 Å². The molecule has 3 heterocycles. The van der Waals surface area contributed by atoms with Crippen molar-refractivity contribution in [3.8, 4) is 0 Å². The Morgan fingerprint density at radius 3 is 2.54 bits per heavy atom. The van der Waals surface area contributed by atoms with Crippen molar-refractivity contribution in [3.63, 3.8) is 0 Å². The first-order valence-electron chi connectivity index (χ1n) is 12.5. The SMILES string of the molecule is O=C(Nc1cc2c(cc1N1CCOCC1)C(=O)N([C@H]1CC[C@H](CO)CC1)C2)c1cccc(C(F)(F)F)n1. The third kappa shape index (κ3) is 5.28. The fourth-order valence-corrected chi connectivity index (χ4v) is 5.38. The maximum atomic E-state index is 13.4. The second-order valence-electron chi connectivity index (χ2n) is 9.78. The van der Waals surface area contributed by atoms with Gasteiger partial charge in [0.2, 0.25) is 0 Å². The zero-order chi connectivity index (χ0) is 26.2. The van der Waals surface area contributed by atoms with E-state index in [1.807, 2.05) is 9.80 Å². The first-order chi connectivity index (χ1) is 17.7. The standard InChI is InChI=1S/C26H29F3N4O4/c27-26(28,29)23-3-1-2-20(30-23)24(35)31-21-12-17-14-33(18-6-4-16(15-34)5-7-18)25(36)19(17)13-22(21)32-8-10-37-11-9-32/h1-3,12-13,16,18,34H,4-11,14-15H2,(H,31,35)/t16-,18-. The Bertz CT molecular complexity index is 1170. The van der Waals surface area contributed by atoms with E-state index < -0.39 is 17.8 Å². The number of aliphatic hydroxyl groups is 1. The highest BCUT2D eigenvalue weighted by atomic mass is 19.4. The number of carbonyl (C=O) groups is 2. The summed E-state index contributed by atoms with van der Waals surface area (Å²) in [4.78, 5) is 33.7. The minimum absolute atomic E-state index is 0.0608. The molecule has 0 spiro atoms. The fraction of sp³-hybridized carbons (Fsp3) is 0.500. The summed E-state index contributed by atoms with van der Waals surface area (Å²) in [5.41, 5.74) is 0.894. The monoisotopic (exact) mass is 518 g/mol. The third-order valence-electron chi connectivity index (χ3n) is 7.44. The summed E-state index contributed by atoms with van der Waals surface area (Å²) in [7, 11) is 0. The Balaban J connectivity index is 1.43. The predicted octanol–water partition coefficient (Wildman–Crippen LogP) is 3.70. The van der Waals surface area contributed by atoms with Gasteiger partial charge in [0.15, 0.2) is 0 Å². The molecule has 198 valence electrons. The van der Waals surface area contributed by atoms with E-state index in [2.05, 4.69) is 10.3 Å².